The Balaban J connectivity index is 2.59. The number of imidazole rings is 1. The van der Waals surface area contributed by atoms with E-state index in [1.807, 2.05) is 25.3 Å². The Morgan fingerprint density at radius 3 is 2.74 bits per heavy atom. The third kappa shape index (κ3) is 2.89. The molecule has 0 aliphatic rings. The second-order valence-electron chi connectivity index (χ2n) is 5.22. The van der Waals surface area contributed by atoms with Crippen LogP contribution in [0.15, 0.2) is 23.4 Å². The minimum atomic E-state index is -0.899. The second kappa shape index (κ2) is 4.85. The molecule has 2 rings (SSSR count). The van der Waals surface area contributed by atoms with E-state index < -0.39 is 5.97 Å². The molecule has 102 valence electrons. The first-order valence-corrected chi connectivity index (χ1v) is 6.80. The van der Waals surface area contributed by atoms with E-state index in [1.54, 1.807) is 6.07 Å². The summed E-state index contributed by atoms with van der Waals surface area (Å²) in [5, 5.41) is 9.36. The summed E-state index contributed by atoms with van der Waals surface area (Å²) in [6.07, 6.45) is 0. The first-order chi connectivity index (χ1) is 8.79. The average Bonchev–Trinajstić information content (AvgIpc) is 2.63. The highest BCUT2D eigenvalue weighted by Crippen LogP contribution is 2.30. The lowest BCUT2D eigenvalue weighted by Crippen LogP contribution is -2.22. The highest BCUT2D eigenvalue weighted by atomic mass is 32.2. The highest BCUT2D eigenvalue weighted by Gasteiger charge is 2.22. The summed E-state index contributed by atoms with van der Waals surface area (Å²) < 4.78 is 15.3. The van der Waals surface area contributed by atoms with Crippen molar-refractivity contribution in [2.45, 2.75) is 31.5 Å². The maximum Gasteiger partial charge on any atom is 0.313 e. The van der Waals surface area contributed by atoms with Crippen LogP contribution in [-0.2, 0) is 10.3 Å². The van der Waals surface area contributed by atoms with Gasteiger partial charge < -0.3 is 9.67 Å². The standard InChI is InChI=1S/C13H15FN2O2S/c1-13(2,3)16-10-6-8(14)4-5-9(10)15-12(16)19-7-11(17)18/h4-6H,7H2,1-3H3,(H,17,18). The Morgan fingerprint density at radius 1 is 1.47 bits per heavy atom. The monoisotopic (exact) mass is 282 g/mol. The molecule has 0 atom stereocenters. The number of thioether (sulfide) groups is 1. The number of fused-ring (bicyclic) bond motifs is 1. The minimum absolute atomic E-state index is 0.0676. The largest absolute Gasteiger partial charge is 0.481 e. The number of carboxylic acids is 1. The van der Waals surface area contributed by atoms with Crippen molar-refractivity contribution in [1.29, 1.82) is 0 Å². The Hall–Kier alpha value is -1.56. The molecule has 4 nitrogen and oxygen atoms in total. The number of rotatable bonds is 3. The van der Waals surface area contributed by atoms with Gasteiger partial charge in [-0.1, -0.05) is 11.8 Å². The van der Waals surface area contributed by atoms with Crippen molar-refractivity contribution in [3.8, 4) is 0 Å². The van der Waals surface area contributed by atoms with Crippen LogP contribution in [0.2, 0.25) is 0 Å². The lowest BCUT2D eigenvalue weighted by Gasteiger charge is -2.24. The average molecular weight is 282 g/mol. The number of benzene rings is 1. The van der Waals surface area contributed by atoms with Crippen LogP contribution < -0.4 is 0 Å². The molecule has 0 saturated carbocycles. The van der Waals surface area contributed by atoms with Crippen LogP contribution in [0, 0.1) is 5.82 Å². The van der Waals surface area contributed by atoms with Crippen LogP contribution >= 0.6 is 11.8 Å². The third-order valence-electron chi connectivity index (χ3n) is 2.58. The molecule has 1 aromatic heterocycles. The number of hydrogen-bond acceptors (Lipinski definition) is 3. The number of nitrogens with zero attached hydrogens (tertiary/aromatic N) is 2. The molecular weight excluding hydrogens is 267 g/mol. The molecule has 1 N–H and O–H groups in total. The van der Waals surface area contributed by atoms with Gasteiger partial charge in [0.15, 0.2) is 5.16 Å². The van der Waals surface area contributed by atoms with Crippen molar-refractivity contribution in [2.24, 2.45) is 0 Å². The number of aliphatic carboxylic acids is 1. The highest BCUT2D eigenvalue weighted by molar-refractivity contribution is 7.99. The Bertz CT molecular complexity index is 631. The number of hydrogen-bond donors (Lipinski definition) is 1. The third-order valence-corrected chi connectivity index (χ3v) is 3.50. The van der Waals surface area contributed by atoms with Crippen molar-refractivity contribution >= 4 is 28.8 Å². The van der Waals surface area contributed by atoms with Gasteiger partial charge in [0, 0.05) is 5.54 Å². The van der Waals surface area contributed by atoms with Gasteiger partial charge in [-0.05, 0) is 39.0 Å². The van der Waals surface area contributed by atoms with Crippen molar-refractivity contribution < 1.29 is 14.3 Å². The fourth-order valence-corrected chi connectivity index (χ4v) is 2.81. The first-order valence-electron chi connectivity index (χ1n) is 5.82. The van der Waals surface area contributed by atoms with E-state index in [1.165, 1.54) is 12.1 Å². The Labute approximate surface area is 114 Å². The summed E-state index contributed by atoms with van der Waals surface area (Å²) in [5.41, 5.74) is 1.05. The van der Waals surface area contributed by atoms with Gasteiger partial charge in [0.05, 0.1) is 16.8 Å². The molecule has 2 aromatic rings. The van der Waals surface area contributed by atoms with Crippen LogP contribution in [0.1, 0.15) is 20.8 Å². The van der Waals surface area contributed by atoms with Crippen molar-refractivity contribution in [3.63, 3.8) is 0 Å². The predicted molar refractivity (Wildman–Crippen MR) is 73.0 cm³/mol. The molecule has 0 aliphatic carbocycles. The van der Waals surface area contributed by atoms with Gasteiger partial charge in [0.2, 0.25) is 0 Å². The van der Waals surface area contributed by atoms with Crippen LogP contribution in [-0.4, -0.2) is 26.4 Å². The van der Waals surface area contributed by atoms with Gasteiger partial charge in [0.25, 0.3) is 0 Å². The fraction of sp³-hybridized carbons (Fsp3) is 0.385. The van der Waals surface area contributed by atoms with E-state index in [0.29, 0.717) is 16.2 Å². The second-order valence-corrected chi connectivity index (χ2v) is 6.16. The molecule has 0 aliphatic heterocycles. The van der Waals surface area contributed by atoms with E-state index in [0.717, 1.165) is 11.8 Å². The summed E-state index contributed by atoms with van der Waals surface area (Å²) in [6.45, 7) is 5.93. The van der Waals surface area contributed by atoms with Gasteiger partial charge in [-0.15, -0.1) is 0 Å². The summed E-state index contributed by atoms with van der Waals surface area (Å²) in [5.74, 6) is -1.29. The first kappa shape index (κ1) is 13.9. The lowest BCUT2D eigenvalue weighted by molar-refractivity contribution is -0.133. The lowest BCUT2D eigenvalue weighted by atomic mass is 10.1. The van der Waals surface area contributed by atoms with Gasteiger partial charge in [-0.3, -0.25) is 4.79 Å². The van der Waals surface area contributed by atoms with Gasteiger partial charge >= 0.3 is 5.97 Å². The summed E-state index contributed by atoms with van der Waals surface area (Å²) >= 11 is 1.14. The SMILES string of the molecule is CC(C)(C)n1c(SCC(=O)O)nc2ccc(F)cc21. The quantitative estimate of drug-likeness (QED) is 0.879. The van der Waals surface area contributed by atoms with Crippen LogP contribution in [0.3, 0.4) is 0 Å². The number of halogens is 1. The van der Waals surface area contributed by atoms with E-state index in [9.17, 15) is 9.18 Å². The fourth-order valence-electron chi connectivity index (χ4n) is 1.90. The summed E-state index contributed by atoms with van der Waals surface area (Å²) in [7, 11) is 0. The summed E-state index contributed by atoms with van der Waals surface area (Å²) in [4.78, 5) is 15.1. The zero-order chi connectivity index (χ0) is 14.2. The van der Waals surface area contributed by atoms with Crippen molar-refractivity contribution in [3.05, 3.63) is 24.0 Å². The van der Waals surface area contributed by atoms with Gasteiger partial charge in [-0.2, -0.15) is 0 Å². The molecule has 0 radical (unpaired) electrons. The zero-order valence-electron chi connectivity index (χ0n) is 11.0. The van der Waals surface area contributed by atoms with Crippen LogP contribution in [0.4, 0.5) is 4.39 Å². The molecule has 0 spiro atoms. The number of carbonyl (C=O) groups is 1. The molecule has 0 bridgehead atoms. The molecule has 0 amide bonds. The molecular formula is C13H15FN2O2S. The van der Waals surface area contributed by atoms with Gasteiger partial charge in [0.1, 0.15) is 5.82 Å². The molecule has 0 fully saturated rings. The molecule has 6 heteroatoms. The minimum Gasteiger partial charge on any atom is -0.481 e. The zero-order valence-corrected chi connectivity index (χ0v) is 11.8. The normalized spacial score (nSPS) is 12.0. The van der Waals surface area contributed by atoms with Crippen molar-refractivity contribution in [2.75, 3.05) is 5.75 Å². The van der Waals surface area contributed by atoms with E-state index in [2.05, 4.69) is 4.98 Å². The molecule has 1 heterocycles. The van der Waals surface area contributed by atoms with Crippen LogP contribution in [0.25, 0.3) is 11.0 Å². The predicted octanol–water partition coefficient (Wildman–Crippen LogP) is 3.11. The Morgan fingerprint density at radius 2 is 2.16 bits per heavy atom. The number of aromatic nitrogens is 2. The molecule has 0 saturated heterocycles. The summed E-state index contributed by atoms with van der Waals surface area (Å²) in [6, 6.07) is 4.39. The molecule has 19 heavy (non-hydrogen) atoms. The van der Waals surface area contributed by atoms with E-state index in [4.69, 9.17) is 5.11 Å². The maximum absolute atomic E-state index is 13.4. The van der Waals surface area contributed by atoms with E-state index in [-0.39, 0.29) is 17.1 Å². The Kier molecular flexibility index (Phi) is 3.54. The number of carboxylic acid groups (broad SMARTS) is 1. The molecule has 0 unspecified atom stereocenters. The molecule has 1 aromatic carbocycles. The van der Waals surface area contributed by atoms with Crippen molar-refractivity contribution in [1.82, 2.24) is 9.55 Å². The maximum atomic E-state index is 13.4. The smallest absolute Gasteiger partial charge is 0.313 e. The van der Waals surface area contributed by atoms with Crippen LogP contribution in [0.5, 0.6) is 0 Å². The topological polar surface area (TPSA) is 55.1 Å². The van der Waals surface area contributed by atoms with E-state index >= 15 is 0 Å². The van der Waals surface area contributed by atoms with Gasteiger partial charge in [-0.25, -0.2) is 9.37 Å².